The monoisotopic (exact) mass is 354 g/mol. The Morgan fingerprint density at radius 3 is 2.69 bits per heavy atom. The van der Waals surface area contributed by atoms with Crippen molar-refractivity contribution in [1.29, 1.82) is 0 Å². The highest BCUT2D eigenvalue weighted by atomic mass is 16.5. The predicted octanol–water partition coefficient (Wildman–Crippen LogP) is 1.68. The molecule has 0 atom stereocenters. The van der Waals surface area contributed by atoms with E-state index in [1.165, 1.54) is 0 Å². The second kappa shape index (κ2) is 7.29. The van der Waals surface area contributed by atoms with Crippen molar-refractivity contribution >= 4 is 11.8 Å². The Kier molecular flexibility index (Phi) is 4.71. The van der Waals surface area contributed by atoms with Gasteiger partial charge in [-0.2, -0.15) is 5.10 Å². The zero-order valence-electron chi connectivity index (χ0n) is 14.6. The first kappa shape index (κ1) is 16.8. The normalized spacial score (nSPS) is 18.5. The standard InChI is InChI=1S/C19H22N4O3/c24-18-13-22(14-21(18)12-15-4-2-1-3-5-15)19(25)17-6-9-23(20-17)16-7-10-26-11-8-16/h1-6,9,16H,7-8,10-14H2. The molecule has 7 heteroatoms. The van der Waals surface area contributed by atoms with Gasteiger partial charge in [0.15, 0.2) is 0 Å². The van der Waals surface area contributed by atoms with E-state index >= 15 is 0 Å². The number of carbonyl (C=O) groups excluding carboxylic acids is 2. The maximum atomic E-state index is 12.7. The average molecular weight is 354 g/mol. The zero-order chi connectivity index (χ0) is 17.9. The first-order valence-corrected chi connectivity index (χ1v) is 8.94. The molecule has 0 bridgehead atoms. The number of ether oxygens (including phenoxy) is 1. The Hall–Kier alpha value is -2.67. The second-order valence-corrected chi connectivity index (χ2v) is 6.75. The number of hydrogen-bond acceptors (Lipinski definition) is 4. The van der Waals surface area contributed by atoms with Crippen LogP contribution in [0.25, 0.3) is 0 Å². The van der Waals surface area contributed by atoms with E-state index in [0.717, 1.165) is 31.6 Å². The fourth-order valence-corrected chi connectivity index (χ4v) is 3.44. The van der Waals surface area contributed by atoms with E-state index in [1.807, 2.05) is 41.2 Å². The average Bonchev–Trinajstić information content (AvgIpc) is 3.31. The molecule has 1 aromatic heterocycles. The predicted molar refractivity (Wildman–Crippen MR) is 94.2 cm³/mol. The minimum atomic E-state index is -0.195. The lowest BCUT2D eigenvalue weighted by Gasteiger charge is -2.22. The molecule has 2 fully saturated rings. The lowest BCUT2D eigenvalue weighted by atomic mass is 10.1. The van der Waals surface area contributed by atoms with Crippen LogP contribution in [0, 0.1) is 0 Å². The summed E-state index contributed by atoms with van der Waals surface area (Å²) in [6.07, 6.45) is 3.66. The SMILES string of the molecule is O=C1CN(C(=O)c2ccn(C3CCOCC3)n2)CN1Cc1ccccc1. The van der Waals surface area contributed by atoms with Crippen LogP contribution in [0.5, 0.6) is 0 Å². The summed E-state index contributed by atoms with van der Waals surface area (Å²) in [4.78, 5) is 28.3. The molecule has 26 heavy (non-hydrogen) atoms. The second-order valence-electron chi connectivity index (χ2n) is 6.75. The van der Waals surface area contributed by atoms with Crippen LogP contribution in [0.3, 0.4) is 0 Å². The molecule has 2 aromatic rings. The topological polar surface area (TPSA) is 67.7 Å². The maximum absolute atomic E-state index is 12.7. The fraction of sp³-hybridized carbons (Fsp3) is 0.421. The van der Waals surface area contributed by atoms with Gasteiger partial charge in [0.2, 0.25) is 5.91 Å². The van der Waals surface area contributed by atoms with Gasteiger partial charge in [0.1, 0.15) is 12.2 Å². The number of aromatic nitrogens is 2. The van der Waals surface area contributed by atoms with Crippen molar-refractivity contribution in [2.24, 2.45) is 0 Å². The molecule has 0 aliphatic carbocycles. The van der Waals surface area contributed by atoms with Gasteiger partial charge in [0.05, 0.1) is 12.7 Å². The molecule has 2 amide bonds. The largest absolute Gasteiger partial charge is 0.381 e. The Balaban J connectivity index is 1.41. The first-order valence-electron chi connectivity index (χ1n) is 8.94. The third kappa shape index (κ3) is 3.48. The quantitative estimate of drug-likeness (QED) is 0.838. The van der Waals surface area contributed by atoms with Gasteiger partial charge in [-0.25, -0.2) is 0 Å². The number of amides is 2. The van der Waals surface area contributed by atoms with Crippen LogP contribution >= 0.6 is 0 Å². The molecule has 0 spiro atoms. The van der Waals surface area contributed by atoms with Crippen molar-refractivity contribution in [1.82, 2.24) is 19.6 Å². The molecular weight excluding hydrogens is 332 g/mol. The molecule has 136 valence electrons. The lowest BCUT2D eigenvalue weighted by molar-refractivity contribution is -0.127. The van der Waals surface area contributed by atoms with Gasteiger partial charge >= 0.3 is 0 Å². The van der Waals surface area contributed by atoms with Crippen LogP contribution in [-0.2, 0) is 16.1 Å². The maximum Gasteiger partial charge on any atom is 0.276 e. The number of carbonyl (C=O) groups is 2. The van der Waals surface area contributed by atoms with Crippen LogP contribution in [0.4, 0.5) is 0 Å². The highest BCUT2D eigenvalue weighted by Crippen LogP contribution is 2.21. The minimum absolute atomic E-state index is 0.0361. The van der Waals surface area contributed by atoms with Crippen molar-refractivity contribution in [2.45, 2.75) is 25.4 Å². The summed E-state index contributed by atoms with van der Waals surface area (Å²) in [5.41, 5.74) is 1.45. The first-order chi connectivity index (χ1) is 12.7. The molecule has 0 saturated carbocycles. The molecule has 3 heterocycles. The molecule has 7 nitrogen and oxygen atoms in total. The minimum Gasteiger partial charge on any atom is -0.381 e. The molecule has 0 N–H and O–H groups in total. The smallest absolute Gasteiger partial charge is 0.276 e. The van der Waals surface area contributed by atoms with Gasteiger partial charge in [-0.15, -0.1) is 0 Å². The summed E-state index contributed by atoms with van der Waals surface area (Å²) in [6, 6.07) is 11.8. The Morgan fingerprint density at radius 2 is 1.92 bits per heavy atom. The Labute approximate surface area is 152 Å². The van der Waals surface area contributed by atoms with Crippen LogP contribution in [0.15, 0.2) is 42.6 Å². The fourth-order valence-electron chi connectivity index (χ4n) is 3.44. The van der Waals surface area contributed by atoms with Crippen molar-refractivity contribution in [3.63, 3.8) is 0 Å². The highest BCUT2D eigenvalue weighted by Gasteiger charge is 2.32. The van der Waals surface area contributed by atoms with Crippen LogP contribution in [-0.4, -0.2) is 57.8 Å². The van der Waals surface area contributed by atoms with Gasteiger partial charge < -0.3 is 14.5 Å². The van der Waals surface area contributed by atoms with Gasteiger partial charge in [-0.05, 0) is 24.5 Å². The van der Waals surface area contributed by atoms with Crippen LogP contribution < -0.4 is 0 Å². The molecular formula is C19H22N4O3. The molecule has 0 unspecified atom stereocenters. The van der Waals surface area contributed by atoms with E-state index in [4.69, 9.17) is 4.74 Å². The van der Waals surface area contributed by atoms with E-state index in [0.29, 0.717) is 18.9 Å². The van der Waals surface area contributed by atoms with Gasteiger partial charge in [0.25, 0.3) is 5.91 Å². The van der Waals surface area contributed by atoms with Crippen molar-refractivity contribution in [3.05, 3.63) is 53.9 Å². The Bertz CT molecular complexity index is 783. The van der Waals surface area contributed by atoms with Crippen molar-refractivity contribution < 1.29 is 14.3 Å². The summed E-state index contributed by atoms with van der Waals surface area (Å²) in [6.45, 7) is 2.37. The summed E-state index contributed by atoms with van der Waals surface area (Å²) in [5, 5.41) is 4.45. The summed E-state index contributed by atoms with van der Waals surface area (Å²) in [5.74, 6) is -0.231. The zero-order valence-corrected chi connectivity index (χ0v) is 14.6. The van der Waals surface area contributed by atoms with Crippen molar-refractivity contribution in [2.75, 3.05) is 26.4 Å². The number of rotatable bonds is 4. The van der Waals surface area contributed by atoms with E-state index in [1.54, 1.807) is 15.9 Å². The van der Waals surface area contributed by atoms with E-state index in [9.17, 15) is 9.59 Å². The summed E-state index contributed by atoms with van der Waals surface area (Å²) < 4.78 is 7.23. The molecule has 2 aliphatic heterocycles. The Morgan fingerprint density at radius 1 is 1.15 bits per heavy atom. The van der Waals surface area contributed by atoms with Gasteiger partial charge in [-0.3, -0.25) is 14.3 Å². The van der Waals surface area contributed by atoms with Gasteiger partial charge in [-0.1, -0.05) is 30.3 Å². The van der Waals surface area contributed by atoms with Gasteiger partial charge in [0, 0.05) is 26.0 Å². The molecule has 4 rings (SSSR count). The number of hydrogen-bond donors (Lipinski definition) is 0. The third-order valence-corrected chi connectivity index (χ3v) is 4.92. The van der Waals surface area contributed by atoms with E-state index < -0.39 is 0 Å². The van der Waals surface area contributed by atoms with Crippen LogP contribution in [0.2, 0.25) is 0 Å². The van der Waals surface area contributed by atoms with Crippen molar-refractivity contribution in [3.8, 4) is 0 Å². The third-order valence-electron chi connectivity index (χ3n) is 4.92. The highest BCUT2D eigenvalue weighted by molar-refractivity contribution is 5.96. The number of benzene rings is 1. The van der Waals surface area contributed by atoms with E-state index in [-0.39, 0.29) is 24.4 Å². The summed E-state index contributed by atoms with van der Waals surface area (Å²) >= 11 is 0. The number of nitrogens with zero attached hydrogens (tertiary/aromatic N) is 4. The molecule has 2 aliphatic rings. The summed E-state index contributed by atoms with van der Waals surface area (Å²) in [7, 11) is 0. The lowest BCUT2D eigenvalue weighted by Crippen LogP contribution is -2.31. The molecule has 0 radical (unpaired) electrons. The van der Waals surface area contributed by atoms with E-state index in [2.05, 4.69) is 5.10 Å². The van der Waals surface area contributed by atoms with Crippen LogP contribution in [0.1, 0.15) is 34.9 Å². The molecule has 1 aromatic carbocycles. The molecule has 2 saturated heterocycles.